The van der Waals surface area contributed by atoms with Gasteiger partial charge in [-0.15, -0.1) is 5.10 Å². The van der Waals surface area contributed by atoms with Crippen LogP contribution in [0.5, 0.6) is 0 Å². The van der Waals surface area contributed by atoms with Crippen LogP contribution in [0.3, 0.4) is 0 Å². The Morgan fingerprint density at radius 1 is 1.20 bits per heavy atom. The molecule has 2 aromatic heterocycles. The first kappa shape index (κ1) is 9.54. The molecular formula is C10H11N5. The number of hydrogen-bond acceptors (Lipinski definition) is 5. The van der Waals surface area contributed by atoms with E-state index in [0.29, 0.717) is 12.4 Å². The lowest BCUT2D eigenvalue weighted by molar-refractivity contribution is 0.902. The quantitative estimate of drug-likeness (QED) is 0.776. The van der Waals surface area contributed by atoms with Crippen molar-refractivity contribution in [1.29, 1.82) is 0 Å². The normalized spacial score (nSPS) is 9.93. The lowest BCUT2D eigenvalue weighted by Crippen LogP contribution is -2.02. The first-order valence-electron chi connectivity index (χ1n) is 4.58. The van der Waals surface area contributed by atoms with Gasteiger partial charge in [-0.05, 0) is 24.3 Å². The monoisotopic (exact) mass is 201 g/mol. The van der Waals surface area contributed by atoms with Gasteiger partial charge in [0.25, 0.3) is 0 Å². The van der Waals surface area contributed by atoms with Crippen LogP contribution in [0.15, 0.2) is 36.7 Å². The van der Waals surface area contributed by atoms with E-state index in [1.165, 1.54) is 0 Å². The van der Waals surface area contributed by atoms with E-state index in [0.717, 1.165) is 11.4 Å². The summed E-state index contributed by atoms with van der Waals surface area (Å²) in [6.45, 7) is 0.403. The molecule has 0 aliphatic rings. The summed E-state index contributed by atoms with van der Waals surface area (Å²) in [5.74, 6) is 0.681. The van der Waals surface area contributed by atoms with E-state index in [2.05, 4.69) is 20.5 Å². The molecule has 0 aromatic carbocycles. The second-order valence-corrected chi connectivity index (χ2v) is 2.98. The highest BCUT2D eigenvalue weighted by atomic mass is 15.2. The number of rotatable bonds is 3. The van der Waals surface area contributed by atoms with Gasteiger partial charge in [-0.25, -0.2) is 0 Å². The summed E-state index contributed by atoms with van der Waals surface area (Å²) in [4.78, 5) is 3.98. The molecule has 0 spiro atoms. The molecule has 5 heteroatoms. The topological polar surface area (TPSA) is 76.7 Å². The predicted molar refractivity (Wildman–Crippen MR) is 57.4 cm³/mol. The van der Waals surface area contributed by atoms with Crippen LogP contribution in [-0.4, -0.2) is 15.2 Å². The molecule has 0 saturated carbocycles. The van der Waals surface area contributed by atoms with Crippen molar-refractivity contribution < 1.29 is 0 Å². The fraction of sp³-hybridized carbons (Fsp3) is 0.100. The fourth-order valence-corrected chi connectivity index (χ4v) is 1.12. The van der Waals surface area contributed by atoms with Crippen molar-refractivity contribution in [3.8, 4) is 0 Å². The second-order valence-electron chi connectivity index (χ2n) is 2.98. The number of pyridine rings is 1. The fourth-order valence-electron chi connectivity index (χ4n) is 1.12. The molecule has 0 aliphatic heterocycles. The number of hydrogen-bond donors (Lipinski definition) is 2. The van der Waals surface area contributed by atoms with Gasteiger partial charge in [-0.1, -0.05) is 0 Å². The van der Waals surface area contributed by atoms with Crippen molar-refractivity contribution in [2.75, 3.05) is 5.32 Å². The summed E-state index contributed by atoms with van der Waals surface area (Å²) in [6, 6.07) is 7.43. The van der Waals surface area contributed by atoms with Gasteiger partial charge in [-0.3, -0.25) is 4.98 Å². The number of anilines is 2. The maximum Gasteiger partial charge on any atom is 0.153 e. The van der Waals surface area contributed by atoms with Crippen LogP contribution in [0.25, 0.3) is 0 Å². The average Bonchev–Trinajstić information content (AvgIpc) is 2.31. The molecule has 76 valence electrons. The van der Waals surface area contributed by atoms with Gasteiger partial charge in [-0.2, -0.15) is 5.10 Å². The van der Waals surface area contributed by atoms with E-state index < -0.39 is 0 Å². The Bertz CT molecular complexity index is 412. The van der Waals surface area contributed by atoms with Gasteiger partial charge < -0.3 is 11.1 Å². The van der Waals surface area contributed by atoms with Crippen LogP contribution in [0.2, 0.25) is 0 Å². The standard InChI is InChI=1S/C10H11N5/c11-6-8-3-4-10(15-14-8)13-9-2-1-5-12-7-9/h1-5,7H,6,11H2,(H,13,15). The number of nitrogens with two attached hydrogens (primary N) is 1. The van der Waals surface area contributed by atoms with E-state index in [1.807, 2.05) is 24.3 Å². The van der Waals surface area contributed by atoms with Crippen molar-refractivity contribution in [3.05, 3.63) is 42.4 Å². The molecule has 0 fully saturated rings. The van der Waals surface area contributed by atoms with E-state index in [9.17, 15) is 0 Å². The molecule has 0 radical (unpaired) electrons. The zero-order valence-electron chi connectivity index (χ0n) is 8.09. The lowest BCUT2D eigenvalue weighted by atomic mass is 10.3. The first-order valence-corrected chi connectivity index (χ1v) is 4.58. The number of nitrogens with zero attached hydrogens (tertiary/aromatic N) is 3. The predicted octanol–water partition coefficient (Wildman–Crippen LogP) is 1.07. The molecule has 2 heterocycles. The van der Waals surface area contributed by atoms with E-state index in [4.69, 9.17) is 5.73 Å². The molecule has 0 bridgehead atoms. The number of aromatic nitrogens is 3. The van der Waals surface area contributed by atoms with Crippen LogP contribution in [-0.2, 0) is 6.54 Å². The first-order chi connectivity index (χ1) is 7.38. The van der Waals surface area contributed by atoms with E-state index >= 15 is 0 Å². The van der Waals surface area contributed by atoms with E-state index in [-0.39, 0.29) is 0 Å². The summed E-state index contributed by atoms with van der Waals surface area (Å²) in [5.41, 5.74) is 7.07. The van der Waals surface area contributed by atoms with Crippen molar-refractivity contribution >= 4 is 11.5 Å². The molecule has 0 amide bonds. The Morgan fingerprint density at radius 2 is 2.13 bits per heavy atom. The van der Waals surface area contributed by atoms with Gasteiger partial charge in [0.15, 0.2) is 5.82 Å². The molecular weight excluding hydrogens is 190 g/mol. The highest BCUT2D eigenvalue weighted by Gasteiger charge is 1.96. The Kier molecular flexibility index (Phi) is 2.85. The highest BCUT2D eigenvalue weighted by molar-refractivity contribution is 5.53. The summed E-state index contributed by atoms with van der Waals surface area (Å²) in [7, 11) is 0. The zero-order chi connectivity index (χ0) is 10.5. The Morgan fingerprint density at radius 3 is 2.73 bits per heavy atom. The molecule has 2 rings (SSSR count). The molecule has 0 saturated heterocycles. The van der Waals surface area contributed by atoms with Crippen LogP contribution in [0.1, 0.15) is 5.69 Å². The molecule has 0 atom stereocenters. The molecule has 3 N–H and O–H groups in total. The van der Waals surface area contributed by atoms with Gasteiger partial charge in [0, 0.05) is 12.7 Å². The molecule has 0 unspecified atom stereocenters. The average molecular weight is 201 g/mol. The summed E-state index contributed by atoms with van der Waals surface area (Å²) in [5, 5.41) is 11.0. The third kappa shape index (κ3) is 2.47. The lowest BCUT2D eigenvalue weighted by Gasteiger charge is -2.03. The van der Waals surface area contributed by atoms with Crippen molar-refractivity contribution in [2.24, 2.45) is 5.73 Å². The van der Waals surface area contributed by atoms with Gasteiger partial charge >= 0.3 is 0 Å². The minimum atomic E-state index is 0.403. The van der Waals surface area contributed by atoms with Crippen LogP contribution in [0, 0.1) is 0 Å². The maximum absolute atomic E-state index is 5.42. The van der Waals surface area contributed by atoms with Crippen LogP contribution >= 0.6 is 0 Å². The maximum atomic E-state index is 5.42. The third-order valence-electron chi connectivity index (χ3n) is 1.86. The smallest absolute Gasteiger partial charge is 0.153 e. The summed E-state index contributed by atoms with van der Waals surface area (Å²) < 4.78 is 0. The van der Waals surface area contributed by atoms with Gasteiger partial charge in [0.1, 0.15) is 0 Å². The van der Waals surface area contributed by atoms with Crippen molar-refractivity contribution in [3.63, 3.8) is 0 Å². The van der Waals surface area contributed by atoms with Crippen molar-refractivity contribution in [1.82, 2.24) is 15.2 Å². The summed E-state index contributed by atoms with van der Waals surface area (Å²) in [6.07, 6.45) is 3.44. The molecule has 5 nitrogen and oxygen atoms in total. The Hall–Kier alpha value is -2.01. The zero-order valence-corrected chi connectivity index (χ0v) is 8.09. The molecule has 2 aromatic rings. The van der Waals surface area contributed by atoms with Gasteiger partial charge in [0.2, 0.25) is 0 Å². The third-order valence-corrected chi connectivity index (χ3v) is 1.86. The Balaban J connectivity index is 2.11. The summed E-state index contributed by atoms with van der Waals surface area (Å²) >= 11 is 0. The SMILES string of the molecule is NCc1ccc(Nc2cccnc2)nn1. The van der Waals surface area contributed by atoms with Gasteiger partial charge in [0.05, 0.1) is 17.6 Å². The minimum absolute atomic E-state index is 0.403. The number of nitrogens with one attached hydrogen (secondary N) is 1. The van der Waals surface area contributed by atoms with E-state index in [1.54, 1.807) is 12.4 Å². The van der Waals surface area contributed by atoms with Crippen LogP contribution in [0.4, 0.5) is 11.5 Å². The minimum Gasteiger partial charge on any atom is -0.337 e. The highest BCUT2D eigenvalue weighted by Crippen LogP contribution is 2.11. The van der Waals surface area contributed by atoms with Crippen molar-refractivity contribution in [2.45, 2.75) is 6.54 Å². The second kappa shape index (κ2) is 4.47. The Labute approximate surface area is 87.4 Å². The largest absolute Gasteiger partial charge is 0.337 e. The molecule has 15 heavy (non-hydrogen) atoms. The molecule has 0 aliphatic carbocycles. The van der Waals surface area contributed by atoms with Crippen LogP contribution < -0.4 is 11.1 Å².